The standard InChI is InChI=1S/C12H24N2OS/c1-10(12(15)14-11-6-7-11)13-8-4-3-5-9-16-2/h10-11,13H,3-9H2,1-2H3,(H,14,15). The monoisotopic (exact) mass is 244 g/mol. The van der Waals surface area contributed by atoms with E-state index in [9.17, 15) is 4.79 Å². The molecule has 16 heavy (non-hydrogen) atoms. The van der Waals surface area contributed by atoms with Gasteiger partial charge in [-0.05, 0) is 51.2 Å². The lowest BCUT2D eigenvalue weighted by atomic mass is 10.2. The second-order valence-corrected chi connectivity index (χ2v) is 5.50. The molecule has 1 aliphatic rings. The first kappa shape index (κ1) is 13.8. The van der Waals surface area contributed by atoms with E-state index in [2.05, 4.69) is 16.9 Å². The minimum Gasteiger partial charge on any atom is -0.352 e. The van der Waals surface area contributed by atoms with Gasteiger partial charge in [0.1, 0.15) is 0 Å². The van der Waals surface area contributed by atoms with E-state index in [1.54, 1.807) is 0 Å². The Morgan fingerprint density at radius 2 is 2.12 bits per heavy atom. The van der Waals surface area contributed by atoms with Gasteiger partial charge in [-0.15, -0.1) is 0 Å². The van der Waals surface area contributed by atoms with Gasteiger partial charge in [0, 0.05) is 6.04 Å². The largest absolute Gasteiger partial charge is 0.352 e. The molecule has 1 fully saturated rings. The van der Waals surface area contributed by atoms with Crippen molar-refractivity contribution in [1.82, 2.24) is 10.6 Å². The summed E-state index contributed by atoms with van der Waals surface area (Å²) in [5, 5.41) is 6.28. The van der Waals surface area contributed by atoms with Gasteiger partial charge in [0.15, 0.2) is 0 Å². The fourth-order valence-corrected chi connectivity index (χ4v) is 2.01. The van der Waals surface area contributed by atoms with E-state index < -0.39 is 0 Å². The first-order valence-electron chi connectivity index (χ1n) is 6.26. The molecule has 0 radical (unpaired) electrons. The fraction of sp³-hybridized carbons (Fsp3) is 0.917. The number of thioether (sulfide) groups is 1. The van der Waals surface area contributed by atoms with Gasteiger partial charge in [-0.3, -0.25) is 4.79 Å². The molecule has 0 aromatic carbocycles. The van der Waals surface area contributed by atoms with Crippen molar-refractivity contribution in [3.05, 3.63) is 0 Å². The summed E-state index contributed by atoms with van der Waals surface area (Å²) in [6.45, 7) is 2.90. The summed E-state index contributed by atoms with van der Waals surface area (Å²) in [6.07, 6.45) is 8.17. The van der Waals surface area contributed by atoms with Gasteiger partial charge >= 0.3 is 0 Å². The molecule has 1 unspecified atom stereocenters. The molecule has 1 saturated carbocycles. The Morgan fingerprint density at radius 1 is 1.38 bits per heavy atom. The van der Waals surface area contributed by atoms with Crippen LogP contribution in [0.4, 0.5) is 0 Å². The minimum atomic E-state index is -0.0406. The predicted molar refractivity (Wildman–Crippen MR) is 70.9 cm³/mol. The maximum absolute atomic E-state index is 11.6. The molecule has 0 saturated heterocycles. The van der Waals surface area contributed by atoms with Crippen LogP contribution in [0.5, 0.6) is 0 Å². The van der Waals surface area contributed by atoms with Crippen LogP contribution in [0.1, 0.15) is 39.0 Å². The van der Waals surface area contributed by atoms with Crippen molar-refractivity contribution >= 4 is 17.7 Å². The number of unbranched alkanes of at least 4 members (excludes halogenated alkanes) is 2. The van der Waals surface area contributed by atoms with Gasteiger partial charge in [0.05, 0.1) is 6.04 Å². The lowest BCUT2D eigenvalue weighted by molar-refractivity contribution is -0.122. The molecule has 4 heteroatoms. The van der Waals surface area contributed by atoms with Crippen LogP contribution in [0, 0.1) is 0 Å². The van der Waals surface area contributed by atoms with Crippen LogP contribution >= 0.6 is 11.8 Å². The van der Waals surface area contributed by atoms with Crippen molar-refractivity contribution in [2.24, 2.45) is 0 Å². The van der Waals surface area contributed by atoms with Gasteiger partial charge in [-0.1, -0.05) is 6.42 Å². The molecule has 1 aliphatic carbocycles. The van der Waals surface area contributed by atoms with E-state index in [-0.39, 0.29) is 11.9 Å². The number of carbonyl (C=O) groups excluding carboxylic acids is 1. The summed E-state index contributed by atoms with van der Waals surface area (Å²) in [6, 6.07) is 0.430. The van der Waals surface area contributed by atoms with Crippen LogP contribution < -0.4 is 10.6 Å². The zero-order chi connectivity index (χ0) is 11.8. The molecule has 0 bridgehead atoms. The van der Waals surface area contributed by atoms with Crippen LogP contribution in [0.3, 0.4) is 0 Å². The summed E-state index contributed by atoms with van der Waals surface area (Å²) in [5.74, 6) is 1.41. The van der Waals surface area contributed by atoms with Gasteiger partial charge in [-0.25, -0.2) is 0 Å². The molecule has 3 nitrogen and oxygen atoms in total. The molecule has 2 N–H and O–H groups in total. The van der Waals surface area contributed by atoms with E-state index in [0.717, 1.165) is 19.4 Å². The summed E-state index contributed by atoms with van der Waals surface area (Å²) >= 11 is 1.90. The van der Waals surface area contributed by atoms with Gasteiger partial charge in [0.25, 0.3) is 0 Å². The fourth-order valence-electron chi connectivity index (χ4n) is 1.51. The van der Waals surface area contributed by atoms with Crippen molar-refractivity contribution in [2.75, 3.05) is 18.6 Å². The highest BCUT2D eigenvalue weighted by molar-refractivity contribution is 7.98. The number of hydrogen-bond donors (Lipinski definition) is 2. The highest BCUT2D eigenvalue weighted by Gasteiger charge is 2.25. The molecule has 0 spiro atoms. The Labute approximate surface area is 103 Å². The van der Waals surface area contributed by atoms with Crippen LogP contribution in [0.15, 0.2) is 0 Å². The molecular formula is C12H24N2OS. The molecule has 1 amide bonds. The average Bonchev–Trinajstić information content (AvgIpc) is 3.06. The maximum atomic E-state index is 11.6. The van der Waals surface area contributed by atoms with E-state index in [1.165, 1.54) is 25.0 Å². The quantitative estimate of drug-likeness (QED) is 0.607. The third kappa shape index (κ3) is 6.38. The molecule has 1 rings (SSSR count). The summed E-state index contributed by atoms with van der Waals surface area (Å²) in [5.41, 5.74) is 0. The Kier molecular flexibility index (Phi) is 6.88. The van der Waals surface area contributed by atoms with Crippen LogP contribution in [0.25, 0.3) is 0 Å². The first-order chi connectivity index (χ1) is 7.74. The maximum Gasteiger partial charge on any atom is 0.237 e. The summed E-state index contributed by atoms with van der Waals surface area (Å²) < 4.78 is 0. The van der Waals surface area contributed by atoms with Crippen LogP contribution in [-0.2, 0) is 4.79 Å². The Bertz CT molecular complexity index is 207. The van der Waals surface area contributed by atoms with Crippen LogP contribution in [0.2, 0.25) is 0 Å². The Morgan fingerprint density at radius 3 is 2.75 bits per heavy atom. The van der Waals surface area contributed by atoms with Crippen molar-refractivity contribution in [1.29, 1.82) is 0 Å². The molecule has 0 aromatic heterocycles. The number of amides is 1. The SMILES string of the molecule is CSCCCCCNC(C)C(=O)NC1CC1. The molecular weight excluding hydrogens is 220 g/mol. The number of rotatable bonds is 9. The minimum absolute atomic E-state index is 0.0406. The Hall–Kier alpha value is -0.220. The zero-order valence-electron chi connectivity index (χ0n) is 10.4. The third-order valence-corrected chi connectivity index (χ3v) is 3.49. The summed E-state index contributed by atoms with van der Waals surface area (Å²) in [7, 11) is 0. The second kappa shape index (κ2) is 7.96. The molecule has 1 atom stereocenters. The van der Waals surface area contributed by atoms with Gasteiger partial charge < -0.3 is 10.6 Å². The lowest BCUT2D eigenvalue weighted by Gasteiger charge is -2.13. The third-order valence-electron chi connectivity index (χ3n) is 2.79. The molecule has 0 aromatic rings. The topological polar surface area (TPSA) is 41.1 Å². The number of hydrogen-bond acceptors (Lipinski definition) is 3. The normalized spacial score (nSPS) is 17.1. The number of nitrogens with one attached hydrogen (secondary N) is 2. The van der Waals surface area contributed by atoms with Crippen molar-refractivity contribution < 1.29 is 4.79 Å². The highest BCUT2D eigenvalue weighted by atomic mass is 32.2. The van der Waals surface area contributed by atoms with E-state index in [4.69, 9.17) is 0 Å². The van der Waals surface area contributed by atoms with E-state index in [0.29, 0.717) is 6.04 Å². The molecule has 0 aliphatic heterocycles. The Balaban J connectivity index is 1.92. The number of carbonyl (C=O) groups is 1. The average molecular weight is 244 g/mol. The van der Waals surface area contributed by atoms with Gasteiger partial charge in [-0.2, -0.15) is 11.8 Å². The van der Waals surface area contributed by atoms with E-state index >= 15 is 0 Å². The van der Waals surface area contributed by atoms with Crippen molar-refractivity contribution in [3.8, 4) is 0 Å². The van der Waals surface area contributed by atoms with E-state index in [1.807, 2.05) is 18.7 Å². The summed E-state index contributed by atoms with van der Waals surface area (Å²) in [4.78, 5) is 11.6. The molecule has 94 valence electrons. The van der Waals surface area contributed by atoms with Crippen molar-refractivity contribution in [3.63, 3.8) is 0 Å². The predicted octanol–water partition coefficient (Wildman–Crippen LogP) is 1.78. The second-order valence-electron chi connectivity index (χ2n) is 4.51. The first-order valence-corrected chi connectivity index (χ1v) is 7.66. The van der Waals surface area contributed by atoms with Crippen molar-refractivity contribution in [2.45, 2.75) is 51.1 Å². The molecule has 0 heterocycles. The van der Waals surface area contributed by atoms with Crippen LogP contribution in [-0.4, -0.2) is 36.5 Å². The highest BCUT2D eigenvalue weighted by Crippen LogP contribution is 2.18. The zero-order valence-corrected chi connectivity index (χ0v) is 11.2. The smallest absolute Gasteiger partial charge is 0.237 e. The van der Waals surface area contributed by atoms with Gasteiger partial charge in [0.2, 0.25) is 5.91 Å². The lowest BCUT2D eigenvalue weighted by Crippen LogP contribution is -2.43.